The van der Waals surface area contributed by atoms with Crippen molar-refractivity contribution < 1.29 is 14.4 Å². The van der Waals surface area contributed by atoms with Gasteiger partial charge in [0.25, 0.3) is 11.8 Å². The van der Waals surface area contributed by atoms with Gasteiger partial charge >= 0.3 is 6.03 Å². The maximum Gasteiger partial charge on any atom is 0.322 e. The van der Waals surface area contributed by atoms with Gasteiger partial charge in [0.15, 0.2) is 0 Å². The number of rotatable bonds is 1. The van der Waals surface area contributed by atoms with Gasteiger partial charge < -0.3 is 10.2 Å². The third-order valence-corrected chi connectivity index (χ3v) is 3.83. The zero-order chi connectivity index (χ0) is 15.0. The van der Waals surface area contributed by atoms with Crippen LogP contribution in [0.4, 0.5) is 4.79 Å². The maximum atomic E-state index is 12.4. The molecule has 8 nitrogen and oxygen atoms in total. The smallest absolute Gasteiger partial charge is 0.322 e. The second-order valence-electron chi connectivity index (χ2n) is 5.04. The molecular formula is C12H12ClN5O3. The lowest BCUT2D eigenvalue weighted by Gasteiger charge is -2.37. The van der Waals surface area contributed by atoms with Gasteiger partial charge in [-0.2, -0.15) is 0 Å². The number of likely N-dealkylation sites (tertiary alicyclic amines) is 1. The van der Waals surface area contributed by atoms with E-state index < -0.39 is 17.5 Å². The molecule has 1 aromatic rings. The third kappa shape index (κ3) is 2.42. The molecule has 110 valence electrons. The summed E-state index contributed by atoms with van der Waals surface area (Å²) in [6.45, 7) is 0.613. The number of halogens is 1. The number of aromatic nitrogens is 2. The van der Waals surface area contributed by atoms with Gasteiger partial charge in [0.2, 0.25) is 0 Å². The first kappa shape index (κ1) is 13.7. The van der Waals surface area contributed by atoms with Crippen LogP contribution >= 0.6 is 11.6 Å². The molecule has 0 radical (unpaired) electrons. The fourth-order valence-corrected chi connectivity index (χ4v) is 2.73. The first-order chi connectivity index (χ1) is 10.00. The summed E-state index contributed by atoms with van der Waals surface area (Å²) in [6, 6.07) is -0.527. The second kappa shape index (κ2) is 4.96. The number of hydrogen-bond acceptors (Lipinski definition) is 5. The Morgan fingerprint density at radius 1 is 1.33 bits per heavy atom. The molecule has 2 aliphatic heterocycles. The largest absolute Gasteiger partial charge is 0.334 e. The Labute approximate surface area is 124 Å². The number of urea groups is 1. The van der Waals surface area contributed by atoms with Crippen molar-refractivity contribution >= 4 is 29.4 Å². The molecule has 3 heterocycles. The Kier molecular flexibility index (Phi) is 3.25. The Balaban J connectivity index is 1.80. The predicted molar refractivity (Wildman–Crippen MR) is 71.6 cm³/mol. The number of hydrogen-bond donors (Lipinski definition) is 2. The average molecular weight is 310 g/mol. The van der Waals surface area contributed by atoms with Gasteiger partial charge in [-0.25, -0.2) is 14.8 Å². The van der Waals surface area contributed by atoms with Crippen molar-refractivity contribution in [3.05, 3.63) is 23.2 Å². The summed E-state index contributed by atoms with van der Waals surface area (Å²) in [5, 5.41) is 5.02. The second-order valence-corrected chi connectivity index (χ2v) is 5.43. The van der Waals surface area contributed by atoms with Crippen LogP contribution in [0.1, 0.15) is 23.3 Å². The molecule has 4 amide bonds. The summed E-state index contributed by atoms with van der Waals surface area (Å²) in [4.78, 5) is 44.9. The van der Waals surface area contributed by atoms with E-state index >= 15 is 0 Å². The Hall–Kier alpha value is -2.22. The van der Waals surface area contributed by atoms with Crippen LogP contribution in [0, 0.1) is 0 Å². The van der Waals surface area contributed by atoms with E-state index in [-0.39, 0.29) is 23.3 Å². The van der Waals surface area contributed by atoms with Gasteiger partial charge in [-0.3, -0.25) is 14.9 Å². The minimum absolute atomic E-state index is 0.119. The average Bonchev–Trinajstić information content (AvgIpc) is 2.73. The van der Waals surface area contributed by atoms with Crippen molar-refractivity contribution in [1.82, 2.24) is 25.5 Å². The molecule has 2 saturated heterocycles. The van der Waals surface area contributed by atoms with Crippen molar-refractivity contribution in [3.8, 4) is 0 Å². The van der Waals surface area contributed by atoms with E-state index in [1.54, 1.807) is 0 Å². The maximum absolute atomic E-state index is 12.4. The number of carbonyl (C=O) groups excluding carboxylic acids is 3. The first-order valence-corrected chi connectivity index (χ1v) is 6.78. The van der Waals surface area contributed by atoms with Crippen LogP contribution in [0.5, 0.6) is 0 Å². The zero-order valence-electron chi connectivity index (χ0n) is 10.9. The lowest BCUT2D eigenvalue weighted by molar-refractivity contribution is -0.125. The van der Waals surface area contributed by atoms with Gasteiger partial charge in [-0.15, -0.1) is 0 Å². The van der Waals surface area contributed by atoms with Crippen molar-refractivity contribution in [1.29, 1.82) is 0 Å². The van der Waals surface area contributed by atoms with E-state index in [1.807, 2.05) is 0 Å². The van der Waals surface area contributed by atoms with Crippen LogP contribution in [0.3, 0.4) is 0 Å². The molecule has 9 heteroatoms. The minimum atomic E-state index is -1.04. The number of piperidine rings is 1. The monoisotopic (exact) mass is 309 g/mol. The van der Waals surface area contributed by atoms with Crippen LogP contribution in [0.2, 0.25) is 5.15 Å². The van der Waals surface area contributed by atoms with Gasteiger partial charge in [0, 0.05) is 6.54 Å². The molecule has 2 N–H and O–H groups in total. The third-order valence-electron chi connectivity index (χ3n) is 3.63. The SMILES string of the molecule is O=C1NC(=O)C2(CCCN(C(=O)c3cnc(Cl)cn3)C2)N1. The minimum Gasteiger partial charge on any atom is -0.334 e. The molecule has 1 atom stereocenters. The van der Waals surface area contributed by atoms with Gasteiger partial charge in [0.05, 0.1) is 18.9 Å². The highest BCUT2D eigenvalue weighted by molar-refractivity contribution is 6.29. The molecule has 0 bridgehead atoms. The summed E-state index contributed by atoms with van der Waals surface area (Å²) >= 11 is 5.64. The van der Waals surface area contributed by atoms with Crippen LogP contribution in [-0.4, -0.2) is 51.3 Å². The summed E-state index contributed by atoms with van der Waals surface area (Å²) in [5.74, 6) is -0.737. The highest BCUT2D eigenvalue weighted by Crippen LogP contribution is 2.25. The highest BCUT2D eigenvalue weighted by Gasteiger charge is 2.49. The molecule has 0 saturated carbocycles. The van der Waals surface area contributed by atoms with E-state index in [4.69, 9.17) is 11.6 Å². The molecular weight excluding hydrogens is 298 g/mol. The first-order valence-electron chi connectivity index (χ1n) is 6.41. The Bertz CT molecular complexity index is 620. The number of carbonyl (C=O) groups is 3. The fourth-order valence-electron chi connectivity index (χ4n) is 2.63. The van der Waals surface area contributed by atoms with Crippen molar-refractivity contribution in [2.24, 2.45) is 0 Å². The molecule has 1 spiro atoms. The van der Waals surface area contributed by atoms with Gasteiger partial charge in [0.1, 0.15) is 16.4 Å². The van der Waals surface area contributed by atoms with Crippen LogP contribution < -0.4 is 10.6 Å². The van der Waals surface area contributed by atoms with Crippen LogP contribution in [0.15, 0.2) is 12.4 Å². The fraction of sp³-hybridized carbons (Fsp3) is 0.417. The Morgan fingerprint density at radius 2 is 2.14 bits per heavy atom. The molecule has 0 aliphatic carbocycles. The number of nitrogens with one attached hydrogen (secondary N) is 2. The van der Waals surface area contributed by atoms with Crippen molar-refractivity contribution in [2.75, 3.05) is 13.1 Å². The van der Waals surface area contributed by atoms with Crippen molar-refractivity contribution in [3.63, 3.8) is 0 Å². The Morgan fingerprint density at radius 3 is 2.76 bits per heavy atom. The summed E-state index contributed by atoms with van der Waals surface area (Å²) in [7, 11) is 0. The van der Waals surface area contributed by atoms with E-state index in [2.05, 4.69) is 20.6 Å². The molecule has 2 fully saturated rings. The van der Waals surface area contributed by atoms with Crippen molar-refractivity contribution in [2.45, 2.75) is 18.4 Å². The number of nitrogens with zero attached hydrogens (tertiary/aromatic N) is 3. The highest BCUT2D eigenvalue weighted by atomic mass is 35.5. The van der Waals surface area contributed by atoms with E-state index in [0.717, 1.165) is 0 Å². The molecule has 1 unspecified atom stereocenters. The van der Waals surface area contributed by atoms with E-state index in [9.17, 15) is 14.4 Å². The van der Waals surface area contributed by atoms with Gasteiger partial charge in [-0.1, -0.05) is 11.6 Å². The standard InChI is InChI=1S/C12H12ClN5O3/c13-8-5-14-7(4-15-8)9(19)18-3-1-2-12(6-18)10(20)16-11(21)17-12/h4-5H,1-3,6H2,(H2,16,17,20,21). The molecule has 3 rings (SSSR count). The summed E-state index contributed by atoms with van der Waals surface area (Å²) < 4.78 is 0. The van der Waals surface area contributed by atoms with Crippen LogP contribution in [-0.2, 0) is 4.79 Å². The van der Waals surface area contributed by atoms with E-state index in [1.165, 1.54) is 17.3 Å². The number of imide groups is 1. The quantitative estimate of drug-likeness (QED) is 0.707. The molecule has 21 heavy (non-hydrogen) atoms. The topological polar surface area (TPSA) is 104 Å². The van der Waals surface area contributed by atoms with E-state index in [0.29, 0.717) is 19.4 Å². The lowest BCUT2D eigenvalue weighted by atomic mass is 9.89. The summed E-state index contributed by atoms with van der Waals surface area (Å²) in [6.07, 6.45) is 3.69. The molecule has 1 aromatic heterocycles. The predicted octanol–water partition coefficient (Wildman–Crippen LogP) is -0.0558. The molecule has 0 aromatic carbocycles. The van der Waals surface area contributed by atoms with Crippen LogP contribution in [0.25, 0.3) is 0 Å². The normalized spacial score (nSPS) is 24.9. The van der Waals surface area contributed by atoms with Gasteiger partial charge in [-0.05, 0) is 12.8 Å². The summed E-state index contributed by atoms with van der Waals surface area (Å²) in [5.41, 5.74) is -0.883. The zero-order valence-corrected chi connectivity index (χ0v) is 11.7. The number of amides is 4. The molecule has 2 aliphatic rings. The lowest BCUT2D eigenvalue weighted by Crippen LogP contribution is -2.59.